The zero-order chi connectivity index (χ0) is 18.7. The number of amides is 1. The largest absolute Gasteiger partial charge is 0.338 e. The molecule has 1 heterocycles. The molecule has 1 unspecified atom stereocenters. The molecule has 1 amide bonds. The van der Waals surface area contributed by atoms with Crippen LogP contribution < -0.4 is 4.72 Å². The van der Waals surface area contributed by atoms with Crippen molar-refractivity contribution in [3.05, 3.63) is 65.7 Å². The van der Waals surface area contributed by atoms with Gasteiger partial charge >= 0.3 is 0 Å². The van der Waals surface area contributed by atoms with E-state index in [9.17, 15) is 22.0 Å². The van der Waals surface area contributed by atoms with Crippen LogP contribution in [-0.2, 0) is 21.4 Å². The number of hydrogen-bond acceptors (Lipinski definition) is 3. The van der Waals surface area contributed by atoms with Gasteiger partial charge in [0.15, 0.2) is 0 Å². The Kier molecular flexibility index (Phi) is 5.33. The normalized spacial score (nSPS) is 17.7. The molecular formula is C18H18F2N2O3S. The molecule has 1 saturated heterocycles. The Bertz CT molecular complexity index is 901. The molecule has 8 heteroatoms. The fourth-order valence-electron chi connectivity index (χ4n) is 2.92. The van der Waals surface area contributed by atoms with Crippen molar-refractivity contribution >= 4 is 15.9 Å². The molecular weight excluding hydrogens is 362 g/mol. The topological polar surface area (TPSA) is 66.5 Å². The molecule has 1 fully saturated rings. The molecule has 2 aromatic rings. The van der Waals surface area contributed by atoms with Crippen molar-refractivity contribution in [1.82, 2.24) is 9.62 Å². The summed E-state index contributed by atoms with van der Waals surface area (Å²) in [7, 11) is -3.97. The Morgan fingerprint density at radius 3 is 2.46 bits per heavy atom. The second-order valence-corrected chi connectivity index (χ2v) is 7.99. The number of rotatable bonds is 6. The maximum absolute atomic E-state index is 13.7. The summed E-state index contributed by atoms with van der Waals surface area (Å²) in [4.78, 5) is 13.3. The van der Waals surface area contributed by atoms with E-state index < -0.39 is 20.7 Å². The van der Waals surface area contributed by atoms with E-state index in [-0.39, 0.29) is 30.6 Å². The van der Waals surface area contributed by atoms with Crippen molar-refractivity contribution in [3.63, 3.8) is 0 Å². The molecule has 0 saturated carbocycles. The highest BCUT2D eigenvalue weighted by atomic mass is 32.2. The molecule has 0 aromatic heterocycles. The SMILES string of the molecule is O=C1CC(CNS(=O)(=O)c2ccccc2F)CN1Cc1ccc(F)cc1. The van der Waals surface area contributed by atoms with E-state index in [1.807, 2.05) is 0 Å². The van der Waals surface area contributed by atoms with Gasteiger partial charge in [-0.1, -0.05) is 24.3 Å². The van der Waals surface area contributed by atoms with Crippen LogP contribution in [0, 0.1) is 17.6 Å². The molecule has 1 aliphatic rings. The second-order valence-electron chi connectivity index (χ2n) is 6.25. The molecule has 0 radical (unpaired) electrons. The number of benzene rings is 2. The number of halogens is 2. The Morgan fingerprint density at radius 1 is 1.08 bits per heavy atom. The Balaban J connectivity index is 1.59. The molecule has 1 atom stereocenters. The van der Waals surface area contributed by atoms with E-state index in [0.29, 0.717) is 13.1 Å². The van der Waals surface area contributed by atoms with Crippen molar-refractivity contribution < 1.29 is 22.0 Å². The molecule has 0 aliphatic carbocycles. The van der Waals surface area contributed by atoms with Gasteiger partial charge in [0.05, 0.1) is 0 Å². The Hall–Kier alpha value is -2.32. The standard InChI is InChI=1S/C18H18F2N2O3S/c19-15-7-5-13(6-8-15)11-22-12-14(9-18(22)23)10-21-26(24,25)17-4-2-1-3-16(17)20/h1-8,14,21H,9-12H2. The molecule has 2 aromatic carbocycles. The maximum atomic E-state index is 13.7. The van der Waals surface area contributed by atoms with Gasteiger partial charge in [0, 0.05) is 26.1 Å². The molecule has 138 valence electrons. The predicted octanol–water partition coefficient (Wildman–Crippen LogP) is 2.29. The fourth-order valence-corrected chi connectivity index (χ4v) is 4.11. The van der Waals surface area contributed by atoms with Crippen molar-refractivity contribution in [2.24, 2.45) is 5.92 Å². The van der Waals surface area contributed by atoms with Gasteiger partial charge in [0.1, 0.15) is 16.5 Å². The zero-order valence-corrected chi connectivity index (χ0v) is 14.7. The second kappa shape index (κ2) is 7.51. The minimum Gasteiger partial charge on any atom is -0.338 e. The predicted molar refractivity (Wildman–Crippen MR) is 91.5 cm³/mol. The van der Waals surface area contributed by atoms with E-state index in [0.717, 1.165) is 11.6 Å². The molecule has 26 heavy (non-hydrogen) atoms. The van der Waals surface area contributed by atoms with Gasteiger partial charge in [-0.3, -0.25) is 4.79 Å². The van der Waals surface area contributed by atoms with Crippen LogP contribution in [0.3, 0.4) is 0 Å². The maximum Gasteiger partial charge on any atom is 0.243 e. The van der Waals surface area contributed by atoms with Crippen molar-refractivity contribution in [3.8, 4) is 0 Å². The number of carbonyl (C=O) groups excluding carboxylic acids is 1. The summed E-state index contributed by atoms with van der Waals surface area (Å²) in [6.07, 6.45) is 0.209. The molecule has 3 rings (SSSR count). The molecule has 5 nitrogen and oxygen atoms in total. The number of likely N-dealkylation sites (tertiary alicyclic amines) is 1. The first-order valence-corrected chi connectivity index (χ1v) is 9.60. The van der Waals surface area contributed by atoms with Crippen LogP contribution in [-0.4, -0.2) is 32.3 Å². The summed E-state index contributed by atoms with van der Waals surface area (Å²) in [5.74, 6) is -1.46. The molecule has 0 bridgehead atoms. The van der Waals surface area contributed by atoms with Gasteiger partial charge < -0.3 is 4.90 Å². The highest BCUT2D eigenvalue weighted by molar-refractivity contribution is 7.89. The minimum atomic E-state index is -3.97. The number of nitrogens with zero attached hydrogens (tertiary/aromatic N) is 1. The van der Waals surface area contributed by atoms with Crippen LogP contribution in [0.25, 0.3) is 0 Å². The van der Waals surface area contributed by atoms with Crippen LogP contribution >= 0.6 is 0 Å². The number of nitrogens with one attached hydrogen (secondary N) is 1. The lowest BCUT2D eigenvalue weighted by Crippen LogP contribution is -2.31. The van der Waals surface area contributed by atoms with E-state index in [1.165, 1.54) is 30.3 Å². The summed E-state index contributed by atoms with van der Waals surface area (Å²) in [6.45, 7) is 0.772. The zero-order valence-electron chi connectivity index (χ0n) is 13.9. The summed E-state index contributed by atoms with van der Waals surface area (Å²) >= 11 is 0. The minimum absolute atomic E-state index is 0.0440. The lowest BCUT2D eigenvalue weighted by Gasteiger charge is -2.17. The summed E-state index contributed by atoms with van der Waals surface area (Å²) in [6, 6.07) is 11.0. The third-order valence-corrected chi connectivity index (χ3v) is 5.73. The van der Waals surface area contributed by atoms with Crippen molar-refractivity contribution in [1.29, 1.82) is 0 Å². The first-order chi connectivity index (χ1) is 12.3. The Labute approximate surface area is 150 Å². The van der Waals surface area contributed by atoms with Gasteiger partial charge in [0.25, 0.3) is 0 Å². The monoisotopic (exact) mass is 380 g/mol. The first kappa shape index (κ1) is 18.5. The highest BCUT2D eigenvalue weighted by Crippen LogP contribution is 2.21. The molecule has 1 N–H and O–H groups in total. The third kappa shape index (κ3) is 4.25. The average Bonchev–Trinajstić information content (AvgIpc) is 2.95. The highest BCUT2D eigenvalue weighted by Gasteiger charge is 2.31. The van der Waals surface area contributed by atoms with E-state index in [2.05, 4.69) is 4.72 Å². The van der Waals surface area contributed by atoms with Gasteiger partial charge in [-0.05, 0) is 35.7 Å². The molecule has 1 aliphatic heterocycles. The smallest absolute Gasteiger partial charge is 0.243 e. The van der Waals surface area contributed by atoms with Crippen molar-refractivity contribution in [2.45, 2.75) is 17.9 Å². The number of sulfonamides is 1. The average molecular weight is 380 g/mol. The first-order valence-electron chi connectivity index (χ1n) is 8.11. The summed E-state index contributed by atoms with van der Waals surface area (Å²) in [5.41, 5.74) is 0.798. The van der Waals surface area contributed by atoms with Crippen molar-refractivity contribution in [2.75, 3.05) is 13.1 Å². The lowest BCUT2D eigenvalue weighted by molar-refractivity contribution is -0.128. The van der Waals surface area contributed by atoms with Crippen LogP contribution in [0.5, 0.6) is 0 Å². The van der Waals surface area contributed by atoms with Crippen LogP contribution in [0.15, 0.2) is 53.4 Å². The fraction of sp³-hybridized carbons (Fsp3) is 0.278. The third-order valence-electron chi connectivity index (χ3n) is 4.27. The van der Waals surface area contributed by atoms with E-state index in [4.69, 9.17) is 0 Å². The Morgan fingerprint density at radius 2 is 1.77 bits per heavy atom. The van der Waals surface area contributed by atoms with Gasteiger partial charge in [-0.15, -0.1) is 0 Å². The van der Waals surface area contributed by atoms with Gasteiger partial charge in [-0.25, -0.2) is 21.9 Å². The van der Waals surface area contributed by atoms with Crippen LogP contribution in [0.2, 0.25) is 0 Å². The molecule has 0 spiro atoms. The lowest BCUT2D eigenvalue weighted by atomic mass is 10.1. The van der Waals surface area contributed by atoms with Gasteiger partial charge in [-0.2, -0.15) is 0 Å². The van der Waals surface area contributed by atoms with E-state index >= 15 is 0 Å². The summed E-state index contributed by atoms with van der Waals surface area (Å²) < 4.78 is 53.4. The summed E-state index contributed by atoms with van der Waals surface area (Å²) in [5, 5.41) is 0. The van der Waals surface area contributed by atoms with Crippen LogP contribution in [0.4, 0.5) is 8.78 Å². The van der Waals surface area contributed by atoms with Gasteiger partial charge in [0.2, 0.25) is 15.9 Å². The number of hydrogen-bond donors (Lipinski definition) is 1. The van der Waals surface area contributed by atoms with E-state index in [1.54, 1.807) is 17.0 Å². The van der Waals surface area contributed by atoms with Crippen LogP contribution in [0.1, 0.15) is 12.0 Å². The number of carbonyl (C=O) groups is 1. The quantitative estimate of drug-likeness (QED) is 0.836.